The third-order valence-electron chi connectivity index (χ3n) is 7.86. The first kappa shape index (κ1) is 29.3. The molecular weight excluding hydrogens is 581 g/mol. The molecule has 11 heteroatoms. The van der Waals surface area contributed by atoms with Gasteiger partial charge in [0.1, 0.15) is 29.9 Å². The van der Waals surface area contributed by atoms with Gasteiger partial charge in [0.05, 0.1) is 28.3 Å². The van der Waals surface area contributed by atoms with Gasteiger partial charge < -0.3 is 14.4 Å². The molecule has 1 aliphatic rings. The summed E-state index contributed by atoms with van der Waals surface area (Å²) in [6.07, 6.45) is -0.282. The lowest BCUT2D eigenvalue weighted by molar-refractivity contribution is -0.0301. The van der Waals surface area contributed by atoms with Gasteiger partial charge in [0, 0.05) is 30.0 Å². The maximum Gasteiger partial charge on any atom is 0.335 e. The number of hydrogen-bond acceptors (Lipinski definition) is 4. The number of aromatic carboxylic acids is 1. The van der Waals surface area contributed by atoms with Gasteiger partial charge in [-0.2, -0.15) is 0 Å². The first-order valence-corrected chi connectivity index (χ1v) is 14.0. The Balaban J connectivity index is 1.31. The van der Waals surface area contributed by atoms with Gasteiger partial charge in [-0.25, -0.2) is 36.7 Å². The fourth-order valence-electron chi connectivity index (χ4n) is 5.63. The van der Waals surface area contributed by atoms with Crippen LogP contribution >= 0.6 is 0 Å². The molecule has 6 rings (SSSR count). The summed E-state index contributed by atoms with van der Waals surface area (Å²) < 4.78 is 81.9. The number of halogens is 5. The monoisotopic (exact) mass is 607 g/mol. The van der Waals surface area contributed by atoms with Crippen LogP contribution in [0.15, 0.2) is 66.7 Å². The molecule has 0 aliphatic heterocycles. The van der Waals surface area contributed by atoms with Crippen LogP contribution in [0.25, 0.3) is 22.3 Å². The highest BCUT2D eigenvalue weighted by molar-refractivity contribution is 5.92. The Morgan fingerprint density at radius 3 is 2.50 bits per heavy atom. The maximum atomic E-state index is 15.5. The first-order chi connectivity index (χ1) is 21.0. The highest BCUT2D eigenvalue weighted by Crippen LogP contribution is 2.46. The summed E-state index contributed by atoms with van der Waals surface area (Å²) in [6, 6.07) is 13.9. The lowest BCUT2D eigenvalue weighted by atomic mass is 10.0. The average Bonchev–Trinajstić information content (AvgIpc) is 3.51. The molecule has 0 spiro atoms. The topological polar surface area (TPSA) is 77.2 Å². The molecule has 1 aliphatic carbocycles. The van der Waals surface area contributed by atoms with Crippen LogP contribution in [-0.2, 0) is 13.0 Å². The Morgan fingerprint density at radius 1 is 0.977 bits per heavy atom. The predicted molar refractivity (Wildman–Crippen MR) is 152 cm³/mol. The number of carboxylic acid groups (broad SMARTS) is 1. The minimum Gasteiger partial charge on any atom is -0.478 e. The number of imidazole rings is 1. The van der Waals surface area contributed by atoms with Gasteiger partial charge in [0.15, 0.2) is 0 Å². The largest absolute Gasteiger partial charge is 0.478 e. The van der Waals surface area contributed by atoms with Crippen LogP contribution < -0.4 is 4.74 Å². The number of fused-ring (bicyclic) bond motifs is 1. The van der Waals surface area contributed by atoms with Gasteiger partial charge in [-0.05, 0) is 73.4 Å². The molecule has 2 aromatic heterocycles. The second-order valence-corrected chi connectivity index (χ2v) is 10.9. The van der Waals surface area contributed by atoms with Crippen LogP contribution in [0.5, 0.6) is 5.88 Å². The molecule has 44 heavy (non-hydrogen) atoms. The second-order valence-electron chi connectivity index (χ2n) is 10.9. The third kappa shape index (κ3) is 5.61. The van der Waals surface area contributed by atoms with Crippen LogP contribution in [-0.4, -0.2) is 31.5 Å². The maximum absolute atomic E-state index is 15.5. The van der Waals surface area contributed by atoms with Gasteiger partial charge in [-0.1, -0.05) is 18.2 Å². The van der Waals surface area contributed by atoms with E-state index in [1.165, 1.54) is 41.0 Å². The van der Waals surface area contributed by atoms with Gasteiger partial charge in [0.25, 0.3) is 5.92 Å². The third-order valence-corrected chi connectivity index (χ3v) is 7.86. The second kappa shape index (κ2) is 11.4. The van der Waals surface area contributed by atoms with Crippen molar-refractivity contribution in [2.24, 2.45) is 0 Å². The average molecular weight is 608 g/mol. The fourth-order valence-corrected chi connectivity index (χ4v) is 5.63. The zero-order chi connectivity index (χ0) is 31.2. The Labute approximate surface area is 248 Å². The number of carboxylic acids is 1. The lowest BCUT2D eigenvalue weighted by Crippen LogP contribution is -2.26. The molecule has 1 fully saturated rings. The van der Waals surface area contributed by atoms with Gasteiger partial charge in [-0.3, -0.25) is 0 Å². The summed E-state index contributed by atoms with van der Waals surface area (Å²) in [5.74, 6) is -6.21. The van der Waals surface area contributed by atoms with E-state index in [0.29, 0.717) is 5.56 Å². The Morgan fingerprint density at radius 2 is 1.77 bits per heavy atom. The van der Waals surface area contributed by atoms with Gasteiger partial charge in [-0.15, -0.1) is 0 Å². The number of alkyl halides is 2. The van der Waals surface area contributed by atoms with Crippen molar-refractivity contribution in [1.82, 2.24) is 14.5 Å². The van der Waals surface area contributed by atoms with Crippen molar-refractivity contribution in [1.29, 1.82) is 0 Å². The molecule has 2 heterocycles. The highest BCUT2D eigenvalue weighted by atomic mass is 19.3. The van der Waals surface area contributed by atoms with Crippen LogP contribution in [0.3, 0.4) is 0 Å². The van der Waals surface area contributed by atoms with E-state index in [1.807, 2.05) is 0 Å². The number of rotatable bonds is 8. The summed E-state index contributed by atoms with van der Waals surface area (Å²) in [4.78, 5) is 20.3. The van der Waals surface area contributed by atoms with Gasteiger partial charge in [0.2, 0.25) is 5.88 Å². The van der Waals surface area contributed by atoms with E-state index in [9.17, 15) is 23.1 Å². The predicted octanol–water partition coefficient (Wildman–Crippen LogP) is 8.05. The minimum atomic E-state index is -3.08. The standard InChI is InChI=1S/C33H26F5N3O3/c1-18-7-8-20(23(34)12-18)17-44-31-6-2-4-26(40-31)22-16-24(35)21(13-25(22)36)15-30-39-27-10-9-19(32(42)43)14-28(27)41(30)29-5-3-11-33(29,37)38/h2,4,6-10,12-14,16,29H,3,5,11,15,17H2,1H3,(H,42,43). The molecule has 0 saturated heterocycles. The summed E-state index contributed by atoms with van der Waals surface area (Å²) in [6.45, 7) is 1.65. The van der Waals surface area contributed by atoms with Crippen molar-refractivity contribution >= 4 is 17.0 Å². The number of pyridine rings is 1. The Kier molecular flexibility index (Phi) is 7.56. The molecule has 226 valence electrons. The van der Waals surface area contributed by atoms with E-state index in [2.05, 4.69) is 9.97 Å². The van der Waals surface area contributed by atoms with Gasteiger partial charge >= 0.3 is 5.97 Å². The molecule has 0 radical (unpaired) electrons. The number of nitrogens with zero attached hydrogens (tertiary/aromatic N) is 3. The van der Waals surface area contributed by atoms with E-state index in [0.717, 1.165) is 17.7 Å². The molecule has 6 nitrogen and oxygen atoms in total. The molecule has 1 unspecified atom stereocenters. The SMILES string of the molecule is Cc1ccc(COc2cccc(-c3cc(F)c(Cc4nc5ccc(C(=O)O)cc5n4C4CCCC4(F)F)cc3F)n2)c(F)c1. The Bertz CT molecular complexity index is 1910. The number of carbonyl (C=O) groups is 1. The summed E-state index contributed by atoms with van der Waals surface area (Å²) >= 11 is 0. The smallest absolute Gasteiger partial charge is 0.335 e. The molecule has 5 aromatic rings. The van der Waals surface area contributed by atoms with E-state index >= 15 is 8.78 Å². The van der Waals surface area contributed by atoms with E-state index < -0.39 is 35.4 Å². The quantitative estimate of drug-likeness (QED) is 0.181. The molecule has 1 atom stereocenters. The lowest BCUT2D eigenvalue weighted by Gasteiger charge is -2.23. The molecule has 1 saturated carbocycles. The van der Waals surface area contributed by atoms with Crippen molar-refractivity contribution in [3.63, 3.8) is 0 Å². The summed E-state index contributed by atoms with van der Waals surface area (Å²) in [7, 11) is 0. The Hall–Kier alpha value is -4.80. The highest BCUT2D eigenvalue weighted by Gasteiger charge is 2.46. The van der Waals surface area contributed by atoms with Crippen LogP contribution in [0, 0.1) is 24.4 Å². The summed E-state index contributed by atoms with van der Waals surface area (Å²) in [5, 5.41) is 9.45. The number of ether oxygens (including phenoxy) is 1. The van der Waals surface area contributed by atoms with Crippen molar-refractivity contribution < 1.29 is 36.6 Å². The number of aryl methyl sites for hydroxylation is 1. The number of benzene rings is 3. The molecule has 3 aromatic carbocycles. The molecular formula is C33H26F5N3O3. The molecule has 1 N–H and O–H groups in total. The van der Waals surface area contributed by atoms with Crippen molar-refractivity contribution in [2.45, 2.75) is 51.2 Å². The zero-order valence-corrected chi connectivity index (χ0v) is 23.5. The fraction of sp³-hybridized carbons (Fsp3) is 0.242. The van der Waals surface area contributed by atoms with Crippen molar-refractivity contribution in [3.8, 4) is 17.1 Å². The van der Waals surface area contributed by atoms with E-state index in [1.54, 1.807) is 25.1 Å². The van der Waals surface area contributed by atoms with Crippen LogP contribution in [0.2, 0.25) is 0 Å². The molecule has 0 bridgehead atoms. The molecule has 0 amide bonds. The van der Waals surface area contributed by atoms with Crippen molar-refractivity contribution in [2.75, 3.05) is 0 Å². The first-order valence-electron chi connectivity index (χ1n) is 14.0. The summed E-state index contributed by atoms with van der Waals surface area (Å²) in [5.41, 5.74) is 1.24. The van der Waals surface area contributed by atoms with E-state index in [-0.39, 0.29) is 77.4 Å². The zero-order valence-electron chi connectivity index (χ0n) is 23.5. The van der Waals surface area contributed by atoms with Crippen molar-refractivity contribution in [3.05, 3.63) is 112 Å². The number of aromatic nitrogens is 3. The van der Waals surface area contributed by atoms with E-state index in [4.69, 9.17) is 4.74 Å². The normalized spacial score (nSPS) is 16.0. The van der Waals surface area contributed by atoms with Crippen LogP contribution in [0.4, 0.5) is 22.0 Å². The van der Waals surface area contributed by atoms with Crippen LogP contribution in [0.1, 0.15) is 58.2 Å². The number of hydrogen-bond donors (Lipinski definition) is 1. The minimum absolute atomic E-state index is 0.0667.